The molecule has 0 bridgehead atoms. The first-order valence-corrected chi connectivity index (χ1v) is 6.94. The molecule has 2 rings (SSSR count). The van der Waals surface area contributed by atoms with Crippen molar-refractivity contribution in [2.24, 2.45) is 0 Å². The van der Waals surface area contributed by atoms with Gasteiger partial charge in [-0.15, -0.1) is 16.4 Å². The zero-order chi connectivity index (χ0) is 14.2. The number of hydrogen-bond acceptors (Lipinski definition) is 7. The molecule has 2 aromatic rings. The zero-order valence-corrected chi connectivity index (χ0v) is 11.9. The number of amides is 1. The van der Waals surface area contributed by atoms with Gasteiger partial charge in [-0.05, 0) is 0 Å². The molecule has 2 N–H and O–H groups in total. The summed E-state index contributed by atoms with van der Waals surface area (Å²) in [7, 11) is 1.65. The van der Waals surface area contributed by atoms with Gasteiger partial charge in [0, 0.05) is 31.8 Å². The molecule has 20 heavy (non-hydrogen) atoms. The van der Waals surface area contributed by atoms with Crippen molar-refractivity contribution in [3.05, 3.63) is 23.5 Å². The van der Waals surface area contributed by atoms with Gasteiger partial charge < -0.3 is 15.4 Å². The summed E-state index contributed by atoms with van der Waals surface area (Å²) in [6.07, 6.45) is 3.38. The number of methoxy groups -OCH3 is 1. The number of thiazole rings is 1. The molecule has 0 unspecified atom stereocenters. The summed E-state index contributed by atoms with van der Waals surface area (Å²) >= 11 is 1.37. The highest BCUT2D eigenvalue weighted by molar-refractivity contribution is 7.13. The smallest absolute Gasteiger partial charge is 0.247 e. The topological polar surface area (TPSA) is 94.0 Å². The standard InChI is InChI=1S/C11H16N6O2S/c1-19-4-2-12-6-9-7-17(16-15-9)8-10(18)14-11-13-3-5-20-11/h3,5,7,12H,2,4,6,8H2,1H3,(H,13,14,18). The Bertz CT molecular complexity index is 527. The molecule has 108 valence electrons. The second-order valence-electron chi connectivity index (χ2n) is 3.96. The van der Waals surface area contributed by atoms with Crippen molar-refractivity contribution in [2.75, 3.05) is 25.6 Å². The van der Waals surface area contributed by atoms with Crippen molar-refractivity contribution in [1.82, 2.24) is 25.3 Å². The van der Waals surface area contributed by atoms with E-state index in [9.17, 15) is 4.79 Å². The van der Waals surface area contributed by atoms with Gasteiger partial charge in [-0.2, -0.15) is 0 Å². The number of anilines is 1. The summed E-state index contributed by atoms with van der Waals surface area (Å²) in [6.45, 7) is 2.10. The molecular weight excluding hydrogens is 280 g/mol. The number of carbonyl (C=O) groups is 1. The van der Waals surface area contributed by atoms with Gasteiger partial charge in [-0.25, -0.2) is 9.67 Å². The Labute approximate surface area is 120 Å². The van der Waals surface area contributed by atoms with Crippen molar-refractivity contribution in [3.63, 3.8) is 0 Å². The average Bonchev–Trinajstić information content (AvgIpc) is 3.07. The van der Waals surface area contributed by atoms with Crippen LogP contribution in [0, 0.1) is 0 Å². The molecule has 2 heterocycles. The van der Waals surface area contributed by atoms with Crippen molar-refractivity contribution in [2.45, 2.75) is 13.1 Å². The van der Waals surface area contributed by atoms with Crippen molar-refractivity contribution >= 4 is 22.4 Å². The van der Waals surface area contributed by atoms with E-state index in [0.717, 1.165) is 12.2 Å². The summed E-state index contributed by atoms with van der Waals surface area (Å²) < 4.78 is 6.42. The number of rotatable bonds is 8. The third-order valence-corrected chi connectivity index (χ3v) is 3.05. The fourth-order valence-corrected chi connectivity index (χ4v) is 2.02. The Morgan fingerprint density at radius 1 is 1.55 bits per heavy atom. The first kappa shape index (κ1) is 14.6. The molecule has 0 radical (unpaired) electrons. The largest absolute Gasteiger partial charge is 0.383 e. The van der Waals surface area contributed by atoms with Crippen molar-refractivity contribution in [1.29, 1.82) is 0 Å². The molecular formula is C11H16N6O2S. The Morgan fingerprint density at radius 3 is 3.20 bits per heavy atom. The molecule has 0 saturated heterocycles. The summed E-state index contributed by atoms with van der Waals surface area (Å²) in [5.74, 6) is -0.177. The molecule has 0 aliphatic carbocycles. The monoisotopic (exact) mass is 296 g/mol. The van der Waals surface area contributed by atoms with Crippen LogP contribution >= 0.6 is 11.3 Å². The molecule has 9 heteroatoms. The maximum absolute atomic E-state index is 11.7. The van der Waals surface area contributed by atoms with Crippen LogP contribution in [0.5, 0.6) is 0 Å². The van der Waals surface area contributed by atoms with Crippen LogP contribution in [0.2, 0.25) is 0 Å². The van der Waals surface area contributed by atoms with E-state index in [0.29, 0.717) is 18.3 Å². The highest BCUT2D eigenvalue weighted by Crippen LogP contribution is 2.09. The minimum Gasteiger partial charge on any atom is -0.383 e. The van der Waals surface area contributed by atoms with Crippen LogP contribution < -0.4 is 10.6 Å². The fraction of sp³-hybridized carbons (Fsp3) is 0.455. The van der Waals surface area contributed by atoms with Crippen LogP contribution in [-0.2, 0) is 22.6 Å². The van der Waals surface area contributed by atoms with Crippen LogP contribution in [0.25, 0.3) is 0 Å². The predicted molar refractivity (Wildman–Crippen MR) is 74.3 cm³/mol. The van der Waals surface area contributed by atoms with Gasteiger partial charge in [0.25, 0.3) is 0 Å². The lowest BCUT2D eigenvalue weighted by atomic mass is 10.4. The highest BCUT2D eigenvalue weighted by atomic mass is 32.1. The molecule has 8 nitrogen and oxygen atoms in total. The van der Waals surface area contributed by atoms with Crippen LogP contribution in [0.3, 0.4) is 0 Å². The third-order valence-electron chi connectivity index (χ3n) is 2.36. The molecule has 0 atom stereocenters. The van der Waals surface area contributed by atoms with E-state index < -0.39 is 0 Å². The third kappa shape index (κ3) is 4.68. The number of ether oxygens (including phenoxy) is 1. The number of aromatic nitrogens is 4. The number of carbonyl (C=O) groups excluding carboxylic acids is 1. The normalized spacial score (nSPS) is 10.7. The maximum atomic E-state index is 11.7. The minimum atomic E-state index is -0.177. The first-order chi connectivity index (χ1) is 9.78. The second kappa shape index (κ2) is 7.68. The number of nitrogens with one attached hydrogen (secondary N) is 2. The van der Waals surface area contributed by atoms with Gasteiger partial charge in [0.2, 0.25) is 5.91 Å². The van der Waals surface area contributed by atoms with Crippen LogP contribution in [0.1, 0.15) is 5.69 Å². The minimum absolute atomic E-state index is 0.116. The van der Waals surface area contributed by atoms with Gasteiger partial charge in [-0.3, -0.25) is 4.79 Å². The van der Waals surface area contributed by atoms with E-state index in [1.165, 1.54) is 16.0 Å². The molecule has 0 saturated carbocycles. The number of hydrogen-bond donors (Lipinski definition) is 2. The van der Waals surface area contributed by atoms with Crippen molar-refractivity contribution < 1.29 is 9.53 Å². The van der Waals surface area contributed by atoms with Crippen LogP contribution in [-0.4, -0.2) is 46.1 Å². The summed E-state index contributed by atoms with van der Waals surface area (Å²) in [4.78, 5) is 15.7. The van der Waals surface area contributed by atoms with Gasteiger partial charge in [0.15, 0.2) is 5.13 Å². The van der Waals surface area contributed by atoms with E-state index in [2.05, 4.69) is 25.9 Å². The van der Waals surface area contributed by atoms with E-state index in [-0.39, 0.29) is 12.5 Å². The van der Waals surface area contributed by atoms with Crippen molar-refractivity contribution in [3.8, 4) is 0 Å². The highest BCUT2D eigenvalue weighted by Gasteiger charge is 2.07. The molecule has 2 aromatic heterocycles. The lowest BCUT2D eigenvalue weighted by Gasteiger charge is -2.01. The molecule has 0 aliphatic rings. The first-order valence-electron chi connectivity index (χ1n) is 6.06. The van der Waals surface area contributed by atoms with E-state index in [1.54, 1.807) is 24.9 Å². The van der Waals surface area contributed by atoms with Gasteiger partial charge in [-0.1, -0.05) is 5.21 Å². The Balaban J connectivity index is 1.75. The Kier molecular flexibility index (Phi) is 5.59. The predicted octanol–water partition coefficient (Wildman–Crippen LogP) is 0.109. The van der Waals surface area contributed by atoms with Gasteiger partial charge in [0.05, 0.1) is 18.5 Å². The summed E-state index contributed by atoms with van der Waals surface area (Å²) in [5, 5.41) is 16.1. The van der Waals surface area contributed by atoms with E-state index >= 15 is 0 Å². The molecule has 0 aromatic carbocycles. The SMILES string of the molecule is COCCNCc1cn(CC(=O)Nc2nccs2)nn1. The van der Waals surface area contributed by atoms with Crippen LogP contribution in [0.15, 0.2) is 17.8 Å². The lowest BCUT2D eigenvalue weighted by molar-refractivity contribution is -0.116. The lowest BCUT2D eigenvalue weighted by Crippen LogP contribution is -2.19. The quantitative estimate of drug-likeness (QED) is 0.672. The Hall–Kier alpha value is -1.84. The van der Waals surface area contributed by atoms with E-state index in [4.69, 9.17) is 4.74 Å². The zero-order valence-electron chi connectivity index (χ0n) is 11.1. The van der Waals surface area contributed by atoms with Gasteiger partial charge >= 0.3 is 0 Å². The van der Waals surface area contributed by atoms with Gasteiger partial charge in [0.1, 0.15) is 6.54 Å². The Morgan fingerprint density at radius 2 is 2.45 bits per heavy atom. The molecule has 0 spiro atoms. The summed E-state index contributed by atoms with van der Waals surface area (Å²) in [5.41, 5.74) is 0.781. The molecule has 0 fully saturated rings. The maximum Gasteiger partial charge on any atom is 0.247 e. The van der Waals surface area contributed by atoms with Crippen LogP contribution in [0.4, 0.5) is 5.13 Å². The average molecular weight is 296 g/mol. The molecule has 0 aliphatic heterocycles. The molecule has 1 amide bonds. The summed E-state index contributed by atoms with van der Waals surface area (Å²) in [6, 6.07) is 0. The number of nitrogens with zero attached hydrogens (tertiary/aromatic N) is 4. The van der Waals surface area contributed by atoms with E-state index in [1.807, 2.05) is 0 Å². The fourth-order valence-electron chi connectivity index (χ4n) is 1.48. The second-order valence-corrected chi connectivity index (χ2v) is 4.86.